The molecule has 0 radical (unpaired) electrons. The molecular formula is C7H16O2. The molecule has 0 aliphatic carbocycles. The molecule has 9 heavy (non-hydrogen) atoms. The molecule has 0 aromatic heterocycles. The molecule has 1 atom stereocenters. The van der Waals surface area contributed by atoms with Crippen LogP contribution in [0.2, 0.25) is 0 Å². The molecule has 56 valence electrons. The molecule has 0 aromatic carbocycles. The SMILES string of the molecule is [2H]OC(C)COCCCC. The van der Waals surface area contributed by atoms with E-state index in [1.807, 2.05) is 6.92 Å². The van der Waals surface area contributed by atoms with Crippen molar-refractivity contribution in [1.29, 1.82) is 1.43 Å². The van der Waals surface area contributed by atoms with Crippen molar-refractivity contribution in [2.75, 3.05) is 13.2 Å². The lowest BCUT2D eigenvalue weighted by molar-refractivity contribution is 0.0450. The van der Waals surface area contributed by atoms with Crippen LogP contribution >= 0.6 is 0 Å². The van der Waals surface area contributed by atoms with Crippen LogP contribution in [-0.2, 0) is 4.74 Å². The zero-order valence-corrected chi connectivity index (χ0v) is 6.22. The lowest BCUT2D eigenvalue weighted by Crippen LogP contribution is -2.10. The molecular weight excluding hydrogens is 116 g/mol. The van der Waals surface area contributed by atoms with Gasteiger partial charge >= 0.3 is 0 Å². The fourth-order valence-electron chi connectivity index (χ4n) is 0.496. The van der Waals surface area contributed by atoms with Crippen LogP contribution in [0, 0.1) is 0 Å². The van der Waals surface area contributed by atoms with Crippen molar-refractivity contribution in [2.24, 2.45) is 0 Å². The van der Waals surface area contributed by atoms with E-state index in [-0.39, 0.29) is 6.10 Å². The Kier molecular flexibility index (Phi) is 4.72. The summed E-state index contributed by atoms with van der Waals surface area (Å²) in [6.45, 7) is 5.25. The molecule has 2 nitrogen and oxygen atoms in total. The van der Waals surface area contributed by atoms with E-state index in [1.54, 1.807) is 0 Å². The third kappa shape index (κ3) is 7.92. The second-order valence-electron chi connectivity index (χ2n) is 2.24. The number of hydrogen-bond acceptors (Lipinski definition) is 2. The fraction of sp³-hybridized carbons (Fsp3) is 1.00. The van der Waals surface area contributed by atoms with Gasteiger partial charge in [-0.15, -0.1) is 0 Å². The van der Waals surface area contributed by atoms with E-state index < -0.39 is 0 Å². The molecule has 0 saturated carbocycles. The summed E-state index contributed by atoms with van der Waals surface area (Å²) >= 11 is 0. The van der Waals surface area contributed by atoms with Gasteiger partial charge in [-0.3, -0.25) is 0 Å². The van der Waals surface area contributed by atoms with Crippen LogP contribution < -0.4 is 0 Å². The third-order valence-corrected chi connectivity index (χ3v) is 0.995. The van der Waals surface area contributed by atoms with Crippen LogP contribution in [0.4, 0.5) is 0 Å². The lowest BCUT2D eigenvalue weighted by Gasteiger charge is -2.03. The van der Waals surface area contributed by atoms with E-state index in [9.17, 15) is 0 Å². The van der Waals surface area contributed by atoms with Gasteiger partial charge in [-0.1, -0.05) is 13.3 Å². The minimum Gasteiger partial charge on any atom is -0.391 e. The summed E-state index contributed by atoms with van der Waals surface area (Å²) in [5, 5.41) is 4.26. The number of hydrogen-bond donors (Lipinski definition) is 1. The van der Waals surface area contributed by atoms with Crippen molar-refractivity contribution >= 4 is 0 Å². The Bertz CT molecular complexity index is 68.6. The lowest BCUT2D eigenvalue weighted by atomic mass is 10.4. The normalized spacial score (nSPS) is 15.1. The number of aliphatic hydroxyl groups excluding tert-OH is 1. The molecule has 0 bridgehead atoms. The minimum atomic E-state index is -0.100. The first-order valence-electron chi connectivity index (χ1n) is 3.91. The van der Waals surface area contributed by atoms with E-state index >= 15 is 0 Å². The van der Waals surface area contributed by atoms with Gasteiger partial charge in [0.2, 0.25) is 1.43 Å². The molecule has 0 aliphatic rings. The maximum Gasteiger partial charge on any atom is 0.211 e. The molecule has 0 amide bonds. The fourth-order valence-corrected chi connectivity index (χ4v) is 0.496. The van der Waals surface area contributed by atoms with Crippen molar-refractivity contribution in [3.63, 3.8) is 0 Å². The molecule has 0 fully saturated rings. The molecule has 2 heteroatoms. The van der Waals surface area contributed by atoms with E-state index in [0.717, 1.165) is 19.4 Å². The van der Waals surface area contributed by atoms with Gasteiger partial charge in [0, 0.05) is 6.61 Å². The Morgan fingerprint density at radius 2 is 2.56 bits per heavy atom. The predicted molar refractivity (Wildman–Crippen MR) is 37.4 cm³/mol. The van der Waals surface area contributed by atoms with E-state index in [4.69, 9.17) is 6.17 Å². The summed E-state index contributed by atoms with van der Waals surface area (Å²) in [5.74, 6) is 0. The van der Waals surface area contributed by atoms with Gasteiger partial charge in [-0.2, -0.15) is 0 Å². The third-order valence-electron chi connectivity index (χ3n) is 0.995. The van der Waals surface area contributed by atoms with Crippen LogP contribution in [0.5, 0.6) is 0 Å². The van der Waals surface area contributed by atoms with Crippen molar-refractivity contribution in [1.82, 2.24) is 0 Å². The van der Waals surface area contributed by atoms with E-state index in [2.05, 4.69) is 12.0 Å². The molecule has 0 rings (SSSR count). The largest absolute Gasteiger partial charge is 0.391 e. The summed E-state index contributed by atoms with van der Waals surface area (Å²) in [7, 11) is 0. The number of unbranched alkanes of at least 4 members (excludes halogenated alkanes) is 1. The summed E-state index contributed by atoms with van der Waals surface area (Å²) in [5.41, 5.74) is 0. The zero-order valence-electron chi connectivity index (χ0n) is 7.22. The summed E-state index contributed by atoms with van der Waals surface area (Å²) < 4.78 is 11.7. The maximum atomic E-state index is 6.51. The van der Waals surface area contributed by atoms with Crippen molar-refractivity contribution in [3.8, 4) is 0 Å². The average Bonchev–Trinajstić information content (AvgIpc) is 1.98. The highest BCUT2D eigenvalue weighted by molar-refractivity contribution is 4.40. The Balaban J connectivity index is 2.89. The molecule has 0 saturated heterocycles. The second kappa shape index (κ2) is 6.05. The first-order chi connectivity index (χ1) is 4.81. The maximum absolute atomic E-state index is 6.51. The van der Waals surface area contributed by atoms with Gasteiger partial charge < -0.3 is 9.85 Å². The smallest absolute Gasteiger partial charge is 0.211 e. The van der Waals surface area contributed by atoms with Crippen LogP contribution in [0.3, 0.4) is 0 Å². The first kappa shape index (κ1) is 7.03. The summed E-state index contributed by atoms with van der Waals surface area (Å²) in [6.07, 6.45) is 2.14. The van der Waals surface area contributed by atoms with Crippen LogP contribution in [0.15, 0.2) is 0 Å². The van der Waals surface area contributed by atoms with Crippen molar-refractivity contribution in [3.05, 3.63) is 0 Å². The van der Waals surface area contributed by atoms with Crippen LogP contribution in [-0.4, -0.2) is 25.9 Å². The van der Waals surface area contributed by atoms with Crippen LogP contribution in [0.1, 0.15) is 26.7 Å². The average molecular weight is 133 g/mol. The molecule has 1 unspecified atom stereocenters. The standard InChI is InChI=1S/C7H16O2/c1-3-4-5-9-6-7(2)8/h7-8H,3-6H2,1-2H3/i8D. The Labute approximate surface area is 58.3 Å². The second-order valence-corrected chi connectivity index (χ2v) is 2.24. The van der Waals surface area contributed by atoms with Gasteiger partial charge in [0.05, 0.1) is 12.7 Å². The van der Waals surface area contributed by atoms with Gasteiger partial charge in [0.25, 0.3) is 0 Å². The topological polar surface area (TPSA) is 29.5 Å². The molecule has 0 spiro atoms. The molecule has 1 N–H and O–H groups in total. The molecule has 0 aliphatic heterocycles. The monoisotopic (exact) mass is 133 g/mol. The molecule has 0 aromatic rings. The summed E-state index contributed by atoms with van der Waals surface area (Å²) in [6, 6.07) is 0. The number of ether oxygens (including phenoxy) is 1. The highest BCUT2D eigenvalue weighted by Gasteiger charge is 1.92. The quantitative estimate of drug-likeness (QED) is 0.551. The number of rotatable bonds is 6. The highest BCUT2D eigenvalue weighted by Crippen LogP contribution is 1.89. The first-order valence-corrected chi connectivity index (χ1v) is 3.51. The Morgan fingerprint density at radius 3 is 3.11 bits per heavy atom. The van der Waals surface area contributed by atoms with Gasteiger partial charge in [-0.25, -0.2) is 0 Å². The van der Waals surface area contributed by atoms with Gasteiger partial charge in [-0.05, 0) is 13.3 Å². The highest BCUT2D eigenvalue weighted by atomic mass is 16.5. The Hall–Kier alpha value is -0.0800. The van der Waals surface area contributed by atoms with Crippen molar-refractivity contribution in [2.45, 2.75) is 32.8 Å². The Morgan fingerprint density at radius 1 is 1.78 bits per heavy atom. The minimum absolute atomic E-state index is 0.100. The molecule has 0 heterocycles. The summed E-state index contributed by atoms with van der Waals surface area (Å²) in [4.78, 5) is 0. The van der Waals surface area contributed by atoms with Gasteiger partial charge in [0.1, 0.15) is 0 Å². The van der Waals surface area contributed by atoms with E-state index in [1.165, 1.54) is 0 Å². The van der Waals surface area contributed by atoms with Crippen LogP contribution in [0.25, 0.3) is 0 Å². The van der Waals surface area contributed by atoms with E-state index in [0.29, 0.717) is 6.61 Å². The zero-order chi connectivity index (χ0) is 7.82. The van der Waals surface area contributed by atoms with Gasteiger partial charge in [0.15, 0.2) is 0 Å². The predicted octanol–water partition coefficient (Wildman–Crippen LogP) is 1.18. The number of aliphatic hydroxyl groups is 1. The van der Waals surface area contributed by atoms with Crippen molar-refractivity contribution < 1.29 is 9.85 Å².